The highest BCUT2D eigenvalue weighted by molar-refractivity contribution is 6.74. The summed E-state index contributed by atoms with van der Waals surface area (Å²) in [6.07, 6.45) is 4.00. The van der Waals surface area contributed by atoms with Crippen molar-refractivity contribution in [3.8, 4) is 5.69 Å². The van der Waals surface area contributed by atoms with Gasteiger partial charge in [0.25, 0.3) is 0 Å². The molecule has 1 amide bonds. The lowest BCUT2D eigenvalue weighted by molar-refractivity contribution is 0.0218. The van der Waals surface area contributed by atoms with Gasteiger partial charge in [-0.15, -0.1) is 0 Å². The van der Waals surface area contributed by atoms with E-state index < -0.39 is 31.5 Å². The lowest BCUT2D eigenvalue weighted by Gasteiger charge is -2.41. The number of nitrogens with zero attached hydrogens (tertiary/aromatic N) is 6. The van der Waals surface area contributed by atoms with Gasteiger partial charge in [-0.3, -0.25) is 4.98 Å². The van der Waals surface area contributed by atoms with Crippen molar-refractivity contribution in [1.29, 1.82) is 0 Å². The van der Waals surface area contributed by atoms with Gasteiger partial charge in [0.2, 0.25) is 0 Å². The van der Waals surface area contributed by atoms with Crippen LogP contribution in [0.2, 0.25) is 23.3 Å². The highest BCUT2D eigenvalue weighted by atomic mass is 35.5. The summed E-state index contributed by atoms with van der Waals surface area (Å²) in [5, 5.41) is 0.161. The number of piperazine rings is 1. The average Bonchev–Trinajstić information content (AvgIpc) is 2.96. The third-order valence-electron chi connectivity index (χ3n) is 9.18. The molecule has 1 aliphatic heterocycles. The van der Waals surface area contributed by atoms with Crippen molar-refractivity contribution in [2.75, 3.05) is 31.1 Å². The van der Waals surface area contributed by atoms with Gasteiger partial charge in [-0.2, -0.15) is 4.98 Å². The first-order valence-corrected chi connectivity index (χ1v) is 20.2. The minimum Gasteiger partial charge on any atom is -0.444 e. The molecule has 0 aliphatic carbocycles. The second kappa shape index (κ2) is 14.4. The predicted molar refractivity (Wildman–Crippen MR) is 193 cm³/mol. The van der Waals surface area contributed by atoms with Crippen LogP contribution in [0.1, 0.15) is 92.3 Å². The number of carbonyl (C=O) groups excluding carboxylic acids is 1. The maximum Gasteiger partial charge on any atom is 0.410 e. The van der Waals surface area contributed by atoms with E-state index in [2.05, 4.69) is 43.8 Å². The molecule has 0 saturated carbocycles. The monoisotopic (exact) mass is 702 g/mol. The summed E-state index contributed by atoms with van der Waals surface area (Å²) in [5.74, 6) is -0.443. The number of pyridine rings is 2. The molecule has 0 bridgehead atoms. The van der Waals surface area contributed by atoms with Crippen molar-refractivity contribution in [3.63, 3.8) is 0 Å². The van der Waals surface area contributed by atoms with Crippen LogP contribution in [-0.2, 0) is 15.6 Å². The molecule has 0 radical (unpaired) electrons. The van der Waals surface area contributed by atoms with Crippen LogP contribution in [0, 0.1) is 5.82 Å². The van der Waals surface area contributed by atoms with Gasteiger partial charge in [0.15, 0.2) is 24.9 Å². The zero-order valence-electron chi connectivity index (χ0n) is 30.4. The van der Waals surface area contributed by atoms with Crippen molar-refractivity contribution >= 4 is 42.9 Å². The number of amides is 1. The average molecular weight is 703 g/mol. The van der Waals surface area contributed by atoms with Gasteiger partial charge >= 0.3 is 11.8 Å². The molecule has 0 N–H and O–H groups in total. The first-order chi connectivity index (χ1) is 22.2. The smallest absolute Gasteiger partial charge is 0.410 e. The Labute approximate surface area is 290 Å². The van der Waals surface area contributed by atoms with Crippen molar-refractivity contribution in [2.24, 2.45) is 0 Å². The lowest BCUT2D eigenvalue weighted by Crippen LogP contribution is -2.55. The van der Waals surface area contributed by atoms with Crippen molar-refractivity contribution < 1.29 is 18.3 Å². The summed E-state index contributed by atoms with van der Waals surface area (Å²) in [5.41, 5.74) is 1.21. The molecule has 4 heterocycles. The molecule has 4 rings (SSSR count). The van der Waals surface area contributed by atoms with E-state index in [1.807, 2.05) is 58.7 Å². The Kier molecular flexibility index (Phi) is 11.3. The van der Waals surface area contributed by atoms with Crippen LogP contribution >= 0.6 is 11.6 Å². The second-order valence-electron chi connectivity index (χ2n) is 15.6. The van der Waals surface area contributed by atoms with Gasteiger partial charge in [0.1, 0.15) is 11.4 Å². The number of halogens is 2. The van der Waals surface area contributed by atoms with Crippen LogP contribution in [0.4, 0.5) is 15.0 Å². The standard InChI is InChI=1S/C35H52ClFN6O4Si/c1-22(2)28-27(18-24(20-38-28)14-12-13-17-46-48(10,11)35(7,8)9)43-31-25(19-26(37)29(36)39-31)30(40-32(43)44)42-16-15-41(21-23(42)3)33(45)47-34(4,5)6/h18-20,22-23H,12-17,21H2,1-11H3/t23-/m0/s1. The van der Waals surface area contributed by atoms with Crippen LogP contribution in [0.5, 0.6) is 0 Å². The molecule has 3 aromatic heterocycles. The number of unbranched alkanes of at least 4 members (excludes halogenated alkanes) is 1. The SMILES string of the molecule is CC(C)c1ncc(CCCCO[Si](C)(C)C(C)(C)C)cc1-n1c(=O)nc(N2CCN(C(=O)OC(C)(C)C)C[C@@H]2C)c2cc(F)c(Cl)nc21. The van der Waals surface area contributed by atoms with E-state index in [0.29, 0.717) is 48.8 Å². The summed E-state index contributed by atoms with van der Waals surface area (Å²) in [6, 6.07) is 3.00. The molecule has 1 aliphatic rings. The Morgan fingerprint density at radius 2 is 1.79 bits per heavy atom. The van der Waals surface area contributed by atoms with Crippen molar-refractivity contribution in [3.05, 3.63) is 51.0 Å². The largest absolute Gasteiger partial charge is 0.444 e. The summed E-state index contributed by atoms with van der Waals surface area (Å²) in [7, 11) is -1.82. The first-order valence-electron chi connectivity index (χ1n) is 16.9. The van der Waals surface area contributed by atoms with Crippen molar-refractivity contribution in [1.82, 2.24) is 24.4 Å². The van der Waals surface area contributed by atoms with Gasteiger partial charge in [-0.05, 0) is 88.7 Å². The molecule has 48 heavy (non-hydrogen) atoms. The Balaban J connectivity index is 1.68. The molecular weight excluding hydrogens is 651 g/mol. The summed E-state index contributed by atoms with van der Waals surface area (Å²) >= 11 is 6.25. The van der Waals surface area contributed by atoms with E-state index in [1.165, 1.54) is 10.6 Å². The van der Waals surface area contributed by atoms with Crippen LogP contribution in [0.25, 0.3) is 16.7 Å². The number of carbonyl (C=O) groups is 1. The van der Waals surface area contributed by atoms with E-state index >= 15 is 4.39 Å². The van der Waals surface area contributed by atoms with Gasteiger partial charge < -0.3 is 19.0 Å². The molecule has 1 atom stereocenters. The molecule has 13 heteroatoms. The van der Waals surface area contributed by atoms with Crippen LogP contribution in [0.15, 0.2) is 23.1 Å². The fourth-order valence-electron chi connectivity index (χ4n) is 5.53. The number of fused-ring (bicyclic) bond motifs is 1. The molecule has 0 unspecified atom stereocenters. The number of anilines is 1. The molecule has 1 saturated heterocycles. The topological polar surface area (TPSA) is 103 Å². The molecule has 10 nitrogen and oxygen atoms in total. The van der Waals surface area contributed by atoms with E-state index in [9.17, 15) is 9.59 Å². The molecule has 1 fully saturated rings. The number of rotatable bonds is 9. The third kappa shape index (κ3) is 8.54. The van der Waals surface area contributed by atoms with Crippen LogP contribution in [0.3, 0.4) is 0 Å². The van der Waals surface area contributed by atoms with Crippen molar-refractivity contribution in [2.45, 2.75) is 117 Å². The third-order valence-corrected chi connectivity index (χ3v) is 14.0. The van der Waals surface area contributed by atoms with Crippen LogP contribution in [-0.4, -0.2) is 76.7 Å². The first kappa shape index (κ1) is 37.7. The van der Waals surface area contributed by atoms with Gasteiger partial charge in [-0.1, -0.05) is 46.2 Å². The number of ether oxygens (including phenoxy) is 1. The minimum atomic E-state index is -1.82. The predicted octanol–water partition coefficient (Wildman–Crippen LogP) is 7.88. The highest BCUT2D eigenvalue weighted by Crippen LogP contribution is 2.37. The fourth-order valence-corrected chi connectivity index (χ4v) is 6.75. The van der Waals surface area contributed by atoms with E-state index in [-0.39, 0.29) is 27.8 Å². The summed E-state index contributed by atoms with van der Waals surface area (Å²) < 4.78 is 28.4. The number of aryl methyl sites for hydroxylation is 1. The summed E-state index contributed by atoms with van der Waals surface area (Å²) in [6.45, 7) is 24.4. The van der Waals surface area contributed by atoms with Gasteiger partial charge in [0.05, 0.1) is 16.8 Å². The molecule has 0 aromatic carbocycles. The van der Waals surface area contributed by atoms with E-state index in [1.54, 1.807) is 4.90 Å². The van der Waals surface area contributed by atoms with E-state index in [0.717, 1.165) is 24.8 Å². The van der Waals surface area contributed by atoms with Gasteiger partial charge in [0, 0.05) is 38.5 Å². The second-order valence-corrected chi connectivity index (χ2v) is 20.8. The zero-order valence-corrected chi connectivity index (χ0v) is 32.2. The Hall–Kier alpha value is -3.09. The van der Waals surface area contributed by atoms with Crippen LogP contribution < -0.4 is 10.6 Å². The number of hydrogen-bond acceptors (Lipinski definition) is 8. The van der Waals surface area contributed by atoms with E-state index in [4.69, 9.17) is 25.7 Å². The quantitative estimate of drug-likeness (QED) is 0.126. The zero-order chi connectivity index (χ0) is 35.8. The Bertz CT molecular complexity index is 1700. The lowest BCUT2D eigenvalue weighted by atomic mass is 10.0. The fraction of sp³-hybridized carbons (Fsp3) is 0.629. The molecule has 264 valence electrons. The maximum atomic E-state index is 15.0. The normalized spacial score (nSPS) is 16.2. The number of aromatic nitrogens is 4. The Morgan fingerprint density at radius 3 is 2.40 bits per heavy atom. The maximum absolute atomic E-state index is 15.0. The highest BCUT2D eigenvalue weighted by Gasteiger charge is 2.37. The number of hydrogen-bond donors (Lipinski definition) is 0. The van der Waals surface area contributed by atoms with Gasteiger partial charge in [-0.25, -0.2) is 23.5 Å². The molecule has 3 aromatic rings. The molecular formula is C35H52ClFN6O4Si. The minimum absolute atomic E-state index is 0.0226. The summed E-state index contributed by atoms with van der Waals surface area (Å²) in [4.78, 5) is 44.0. The molecule has 0 spiro atoms. The Morgan fingerprint density at radius 1 is 1.10 bits per heavy atom.